The monoisotopic (exact) mass is 238 g/mol. The van der Waals surface area contributed by atoms with E-state index in [0.717, 1.165) is 12.1 Å². The van der Waals surface area contributed by atoms with Crippen molar-refractivity contribution in [3.05, 3.63) is 0 Å². The number of nitrogens with zero attached hydrogens (tertiary/aromatic N) is 2. The lowest BCUT2D eigenvalue weighted by atomic mass is 10.0. The molecule has 2 heteroatoms. The van der Waals surface area contributed by atoms with Gasteiger partial charge in [0.15, 0.2) is 0 Å². The molecule has 0 saturated carbocycles. The maximum atomic E-state index is 2.77. The minimum Gasteiger partial charge on any atom is -0.299 e. The maximum Gasteiger partial charge on any atom is 0.0223 e. The highest BCUT2D eigenvalue weighted by Gasteiger charge is 2.28. The predicted molar refractivity (Wildman–Crippen MR) is 74.4 cm³/mol. The Morgan fingerprint density at radius 1 is 1.12 bits per heavy atom. The number of hydrogen-bond acceptors (Lipinski definition) is 2. The molecule has 2 fully saturated rings. The molecule has 2 nitrogen and oxygen atoms in total. The Kier molecular flexibility index (Phi) is 5.30. The molecule has 2 atom stereocenters. The third-order valence-corrected chi connectivity index (χ3v) is 4.68. The molecule has 0 bridgehead atoms. The van der Waals surface area contributed by atoms with Gasteiger partial charge in [-0.2, -0.15) is 0 Å². The Labute approximate surface area is 107 Å². The van der Waals surface area contributed by atoms with Crippen LogP contribution in [0.25, 0.3) is 0 Å². The summed E-state index contributed by atoms with van der Waals surface area (Å²) < 4.78 is 0. The normalized spacial score (nSPS) is 29.6. The zero-order chi connectivity index (χ0) is 12.1. The van der Waals surface area contributed by atoms with Crippen LogP contribution in [0, 0.1) is 0 Å². The molecule has 2 heterocycles. The summed E-state index contributed by atoms with van der Waals surface area (Å²) in [6.07, 6.45) is 9.84. The Hall–Kier alpha value is -0.0800. The third kappa shape index (κ3) is 3.69. The van der Waals surface area contributed by atoms with E-state index in [1.165, 1.54) is 71.1 Å². The van der Waals surface area contributed by atoms with E-state index >= 15 is 0 Å². The van der Waals surface area contributed by atoms with Gasteiger partial charge >= 0.3 is 0 Å². The van der Waals surface area contributed by atoms with E-state index in [1.54, 1.807) is 0 Å². The molecule has 0 aromatic carbocycles. The molecule has 0 N–H and O–H groups in total. The lowest BCUT2D eigenvalue weighted by Gasteiger charge is -2.37. The third-order valence-electron chi connectivity index (χ3n) is 4.68. The lowest BCUT2D eigenvalue weighted by Crippen LogP contribution is -2.45. The van der Waals surface area contributed by atoms with E-state index < -0.39 is 0 Å². The summed E-state index contributed by atoms with van der Waals surface area (Å²) in [5, 5.41) is 0. The summed E-state index contributed by atoms with van der Waals surface area (Å²) in [7, 11) is 0. The number of piperidine rings is 1. The van der Waals surface area contributed by atoms with Gasteiger partial charge in [-0.1, -0.05) is 26.2 Å². The fourth-order valence-electron chi connectivity index (χ4n) is 3.48. The van der Waals surface area contributed by atoms with Gasteiger partial charge in [0, 0.05) is 18.6 Å². The van der Waals surface area contributed by atoms with E-state index in [9.17, 15) is 0 Å². The first-order chi connectivity index (χ1) is 8.31. The van der Waals surface area contributed by atoms with Crippen molar-refractivity contribution in [1.29, 1.82) is 0 Å². The quantitative estimate of drug-likeness (QED) is 0.742. The van der Waals surface area contributed by atoms with E-state index in [0.29, 0.717) is 0 Å². The van der Waals surface area contributed by atoms with Crippen LogP contribution in [-0.4, -0.2) is 48.1 Å². The van der Waals surface area contributed by atoms with E-state index in [2.05, 4.69) is 23.6 Å². The van der Waals surface area contributed by atoms with Crippen LogP contribution in [-0.2, 0) is 0 Å². The largest absolute Gasteiger partial charge is 0.299 e. The van der Waals surface area contributed by atoms with Crippen molar-refractivity contribution < 1.29 is 0 Å². The van der Waals surface area contributed by atoms with Crippen molar-refractivity contribution >= 4 is 0 Å². The van der Waals surface area contributed by atoms with Crippen LogP contribution >= 0.6 is 0 Å². The van der Waals surface area contributed by atoms with Crippen molar-refractivity contribution in [2.75, 3.05) is 26.2 Å². The standard InChI is InChI=1S/C15H30N2/c1-3-4-8-14(2)17-12-7-11-16-10-6-5-9-15(16)13-17/h14-15H,3-13H2,1-2H3. The van der Waals surface area contributed by atoms with Gasteiger partial charge in [-0.3, -0.25) is 9.80 Å². The van der Waals surface area contributed by atoms with Crippen molar-refractivity contribution in [1.82, 2.24) is 9.80 Å². The molecule has 0 aromatic heterocycles. The van der Waals surface area contributed by atoms with Crippen molar-refractivity contribution in [2.45, 2.75) is 70.9 Å². The molecule has 2 rings (SSSR count). The smallest absolute Gasteiger partial charge is 0.0223 e. The van der Waals surface area contributed by atoms with Crippen molar-refractivity contribution in [2.24, 2.45) is 0 Å². The Morgan fingerprint density at radius 2 is 1.94 bits per heavy atom. The van der Waals surface area contributed by atoms with Crippen molar-refractivity contribution in [3.8, 4) is 0 Å². The maximum absolute atomic E-state index is 2.77. The van der Waals surface area contributed by atoms with Gasteiger partial charge in [0.2, 0.25) is 0 Å². The van der Waals surface area contributed by atoms with Gasteiger partial charge in [0.25, 0.3) is 0 Å². The highest BCUT2D eigenvalue weighted by Crippen LogP contribution is 2.22. The lowest BCUT2D eigenvalue weighted by molar-refractivity contribution is 0.120. The highest BCUT2D eigenvalue weighted by molar-refractivity contribution is 4.84. The Bertz CT molecular complexity index is 217. The summed E-state index contributed by atoms with van der Waals surface area (Å²) in [6, 6.07) is 1.67. The van der Waals surface area contributed by atoms with Gasteiger partial charge in [0.05, 0.1) is 0 Å². The molecular weight excluding hydrogens is 208 g/mol. The van der Waals surface area contributed by atoms with Crippen LogP contribution in [0.1, 0.15) is 58.8 Å². The minimum atomic E-state index is 0.803. The minimum absolute atomic E-state index is 0.803. The van der Waals surface area contributed by atoms with Crippen LogP contribution in [0.3, 0.4) is 0 Å². The molecule has 2 unspecified atom stereocenters. The first-order valence-corrected chi connectivity index (χ1v) is 7.79. The molecule has 0 aromatic rings. The molecule has 0 radical (unpaired) electrons. The van der Waals surface area contributed by atoms with Gasteiger partial charge in [-0.25, -0.2) is 0 Å². The van der Waals surface area contributed by atoms with Crippen LogP contribution in [0.5, 0.6) is 0 Å². The first kappa shape index (κ1) is 13.4. The van der Waals surface area contributed by atoms with Crippen LogP contribution < -0.4 is 0 Å². The molecule has 100 valence electrons. The molecule has 2 saturated heterocycles. The number of rotatable bonds is 4. The predicted octanol–water partition coefficient (Wildman–Crippen LogP) is 3.13. The summed E-state index contributed by atoms with van der Waals surface area (Å²) in [6.45, 7) is 10.1. The van der Waals surface area contributed by atoms with E-state index in [4.69, 9.17) is 0 Å². The SMILES string of the molecule is CCCCC(C)N1CCCN2CCCCC2C1. The van der Waals surface area contributed by atoms with E-state index in [-0.39, 0.29) is 0 Å². The summed E-state index contributed by atoms with van der Waals surface area (Å²) in [5.74, 6) is 0. The zero-order valence-electron chi connectivity index (χ0n) is 11.8. The summed E-state index contributed by atoms with van der Waals surface area (Å²) in [5.41, 5.74) is 0. The fourth-order valence-corrected chi connectivity index (χ4v) is 3.48. The molecule has 2 aliphatic rings. The van der Waals surface area contributed by atoms with Crippen molar-refractivity contribution in [3.63, 3.8) is 0 Å². The topological polar surface area (TPSA) is 6.48 Å². The summed E-state index contributed by atoms with van der Waals surface area (Å²) in [4.78, 5) is 5.53. The molecule has 0 amide bonds. The number of unbranched alkanes of at least 4 members (excludes halogenated alkanes) is 1. The van der Waals surface area contributed by atoms with E-state index in [1.807, 2.05) is 0 Å². The van der Waals surface area contributed by atoms with Gasteiger partial charge in [0.1, 0.15) is 0 Å². The molecule has 0 spiro atoms. The zero-order valence-corrected chi connectivity index (χ0v) is 11.8. The Morgan fingerprint density at radius 3 is 2.76 bits per heavy atom. The van der Waals surface area contributed by atoms with Crippen LogP contribution in [0.15, 0.2) is 0 Å². The summed E-state index contributed by atoms with van der Waals surface area (Å²) >= 11 is 0. The molecule has 0 aliphatic carbocycles. The first-order valence-electron chi connectivity index (χ1n) is 7.79. The average Bonchev–Trinajstić information content (AvgIpc) is 2.58. The van der Waals surface area contributed by atoms with Crippen LogP contribution in [0.4, 0.5) is 0 Å². The number of hydrogen-bond donors (Lipinski definition) is 0. The second kappa shape index (κ2) is 6.75. The van der Waals surface area contributed by atoms with Gasteiger partial charge < -0.3 is 0 Å². The molecular formula is C15H30N2. The molecule has 2 aliphatic heterocycles. The highest BCUT2D eigenvalue weighted by atomic mass is 15.3. The van der Waals surface area contributed by atoms with Gasteiger partial charge in [-0.05, 0) is 52.2 Å². The second-order valence-electron chi connectivity index (χ2n) is 6.03. The van der Waals surface area contributed by atoms with Crippen LogP contribution in [0.2, 0.25) is 0 Å². The average molecular weight is 238 g/mol. The van der Waals surface area contributed by atoms with Gasteiger partial charge in [-0.15, -0.1) is 0 Å². The number of fused-ring (bicyclic) bond motifs is 1. The fraction of sp³-hybridized carbons (Fsp3) is 1.00. The Balaban J connectivity index is 1.86. The molecule has 17 heavy (non-hydrogen) atoms. The second-order valence-corrected chi connectivity index (χ2v) is 6.03.